The van der Waals surface area contributed by atoms with Crippen molar-refractivity contribution in [1.82, 2.24) is 5.32 Å². The summed E-state index contributed by atoms with van der Waals surface area (Å²) >= 11 is 6.02. The van der Waals surface area contributed by atoms with Crippen LogP contribution in [0.2, 0.25) is 5.02 Å². The predicted molar refractivity (Wildman–Crippen MR) is 68.9 cm³/mol. The Balaban J connectivity index is 2.07. The van der Waals surface area contributed by atoms with E-state index in [4.69, 9.17) is 21.1 Å². The summed E-state index contributed by atoms with van der Waals surface area (Å²) in [5, 5.41) is 4.12. The number of methoxy groups -OCH3 is 1. The van der Waals surface area contributed by atoms with Crippen LogP contribution in [0.15, 0.2) is 18.2 Å². The second kappa shape index (κ2) is 6.24. The normalized spacial score (nSPS) is 20.9. The fourth-order valence-corrected chi connectivity index (χ4v) is 2.30. The number of ether oxygens (including phenoxy) is 2. The smallest absolute Gasteiger partial charge is 0.122 e. The number of benzene rings is 1. The molecule has 1 aliphatic rings. The molecule has 1 fully saturated rings. The predicted octanol–water partition coefficient (Wildman–Crippen LogP) is 2.13. The number of nitrogens with one attached hydrogen (secondary N) is 1. The molecule has 1 saturated heterocycles. The van der Waals surface area contributed by atoms with Crippen molar-refractivity contribution in [3.05, 3.63) is 28.8 Å². The monoisotopic (exact) mass is 255 g/mol. The molecule has 3 nitrogen and oxygen atoms in total. The van der Waals surface area contributed by atoms with E-state index in [9.17, 15) is 0 Å². The van der Waals surface area contributed by atoms with Crippen molar-refractivity contribution in [3.8, 4) is 5.75 Å². The van der Waals surface area contributed by atoms with E-state index in [1.54, 1.807) is 7.11 Å². The molecule has 2 rings (SSSR count). The molecule has 17 heavy (non-hydrogen) atoms. The molecule has 0 saturated carbocycles. The summed E-state index contributed by atoms with van der Waals surface area (Å²) in [6.45, 7) is 3.50. The van der Waals surface area contributed by atoms with Crippen LogP contribution in [0.5, 0.6) is 5.75 Å². The minimum Gasteiger partial charge on any atom is -0.496 e. The van der Waals surface area contributed by atoms with Crippen molar-refractivity contribution < 1.29 is 9.47 Å². The summed E-state index contributed by atoms with van der Waals surface area (Å²) in [4.78, 5) is 0. The van der Waals surface area contributed by atoms with Gasteiger partial charge in [-0.25, -0.2) is 0 Å². The van der Waals surface area contributed by atoms with Crippen molar-refractivity contribution in [2.75, 3.05) is 33.4 Å². The highest BCUT2D eigenvalue weighted by atomic mass is 35.5. The van der Waals surface area contributed by atoms with E-state index in [1.807, 2.05) is 18.2 Å². The maximum absolute atomic E-state index is 6.02. The first kappa shape index (κ1) is 12.7. The van der Waals surface area contributed by atoms with E-state index >= 15 is 0 Å². The molecule has 1 unspecified atom stereocenters. The first-order chi connectivity index (χ1) is 8.29. The first-order valence-corrected chi connectivity index (χ1v) is 6.28. The highest BCUT2D eigenvalue weighted by Crippen LogP contribution is 2.25. The van der Waals surface area contributed by atoms with E-state index in [0.29, 0.717) is 5.92 Å². The third-order valence-electron chi connectivity index (χ3n) is 2.96. The van der Waals surface area contributed by atoms with Crippen molar-refractivity contribution >= 4 is 11.6 Å². The molecule has 1 aromatic carbocycles. The van der Waals surface area contributed by atoms with Crippen LogP contribution in [0, 0.1) is 5.92 Å². The fraction of sp³-hybridized carbons (Fsp3) is 0.538. The number of halogens is 1. The van der Waals surface area contributed by atoms with Gasteiger partial charge in [0.05, 0.1) is 20.3 Å². The molecular formula is C13H18ClNO2. The van der Waals surface area contributed by atoms with Crippen molar-refractivity contribution in [1.29, 1.82) is 0 Å². The van der Waals surface area contributed by atoms with Crippen molar-refractivity contribution in [3.63, 3.8) is 0 Å². The van der Waals surface area contributed by atoms with Gasteiger partial charge in [0.25, 0.3) is 0 Å². The quantitative estimate of drug-likeness (QED) is 0.898. The molecule has 1 aliphatic heterocycles. The molecule has 0 radical (unpaired) electrons. The summed E-state index contributed by atoms with van der Waals surface area (Å²) < 4.78 is 10.9. The maximum atomic E-state index is 6.02. The zero-order chi connectivity index (χ0) is 12.1. The Kier molecular flexibility index (Phi) is 4.66. The van der Waals surface area contributed by atoms with Crippen LogP contribution in [0.1, 0.15) is 5.56 Å². The lowest BCUT2D eigenvalue weighted by Crippen LogP contribution is -2.24. The minimum atomic E-state index is 0.477. The summed E-state index contributed by atoms with van der Waals surface area (Å²) in [7, 11) is 1.69. The van der Waals surface area contributed by atoms with Crippen LogP contribution in [0.4, 0.5) is 0 Å². The molecule has 0 aliphatic carbocycles. The van der Waals surface area contributed by atoms with Crippen LogP contribution >= 0.6 is 11.6 Å². The van der Waals surface area contributed by atoms with Gasteiger partial charge in [-0.2, -0.15) is 0 Å². The molecule has 94 valence electrons. The van der Waals surface area contributed by atoms with Gasteiger partial charge in [-0.3, -0.25) is 0 Å². The van der Waals surface area contributed by atoms with E-state index in [1.165, 1.54) is 0 Å². The lowest BCUT2D eigenvalue weighted by Gasteiger charge is -2.16. The Morgan fingerprint density at radius 3 is 3.24 bits per heavy atom. The van der Waals surface area contributed by atoms with Crippen LogP contribution in [0.3, 0.4) is 0 Å². The molecule has 1 heterocycles. The average molecular weight is 256 g/mol. The van der Waals surface area contributed by atoms with Crippen LogP contribution < -0.4 is 10.1 Å². The Morgan fingerprint density at radius 2 is 2.41 bits per heavy atom. The summed E-state index contributed by atoms with van der Waals surface area (Å²) in [5.74, 6) is 1.38. The topological polar surface area (TPSA) is 30.5 Å². The minimum absolute atomic E-state index is 0.477. The number of hydrogen-bond donors (Lipinski definition) is 1. The zero-order valence-corrected chi connectivity index (χ0v) is 10.8. The average Bonchev–Trinajstić information content (AvgIpc) is 2.58. The van der Waals surface area contributed by atoms with Gasteiger partial charge in [0.2, 0.25) is 0 Å². The molecule has 4 heteroatoms. The molecule has 0 bridgehead atoms. The SMILES string of the molecule is COc1ccc(Cl)cc1CC1CNCCOC1. The third kappa shape index (κ3) is 3.60. The van der Waals surface area contributed by atoms with E-state index < -0.39 is 0 Å². The Hall–Kier alpha value is -0.770. The molecular weight excluding hydrogens is 238 g/mol. The van der Waals surface area contributed by atoms with Gasteiger partial charge < -0.3 is 14.8 Å². The molecule has 0 aromatic heterocycles. The molecule has 0 spiro atoms. The van der Waals surface area contributed by atoms with Crippen LogP contribution in [0.25, 0.3) is 0 Å². The molecule has 0 amide bonds. The van der Waals surface area contributed by atoms with Crippen molar-refractivity contribution in [2.45, 2.75) is 6.42 Å². The van der Waals surface area contributed by atoms with E-state index in [2.05, 4.69) is 5.32 Å². The van der Waals surface area contributed by atoms with Gasteiger partial charge in [-0.05, 0) is 36.1 Å². The first-order valence-electron chi connectivity index (χ1n) is 5.90. The number of rotatable bonds is 3. The second-order valence-corrected chi connectivity index (χ2v) is 4.74. The Labute approximate surface area is 107 Å². The third-order valence-corrected chi connectivity index (χ3v) is 3.20. The van der Waals surface area contributed by atoms with E-state index in [-0.39, 0.29) is 0 Å². The highest BCUT2D eigenvalue weighted by molar-refractivity contribution is 6.30. The maximum Gasteiger partial charge on any atom is 0.122 e. The molecule has 1 atom stereocenters. The lowest BCUT2D eigenvalue weighted by atomic mass is 9.99. The second-order valence-electron chi connectivity index (χ2n) is 4.31. The molecule has 1 aromatic rings. The van der Waals surface area contributed by atoms with Crippen LogP contribution in [-0.2, 0) is 11.2 Å². The van der Waals surface area contributed by atoms with Gasteiger partial charge in [0.1, 0.15) is 5.75 Å². The van der Waals surface area contributed by atoms with Crippen LogP contribution in [-0.4, -0.2) is 33.4 Å². The Bertz CT molecular complexity index is 362. The largest absolute Gasteiger partial charge is 0.496 e. The van der Waals surface area contributed by atoms with Gasteiger partial charge in [-0.15, -0.1) is 0 Å². The summed E-state index contributed by atoms with van der Waals surface area (Å²) in [6.07, 6.45) is 0.927. The van der Waals surface area contributed by atoms with Gasteiger partial charge >= 0.3 is 0 Å². The summed E-state index contributed by atoms with van der Waals surface area (Å²) in [6, 6.07) is 5.75. The zero-order valence-electron chi connectivity index (χ0n) is 10.0. The van der Waals surface area contributed by atoms with E-state index in [0.717, 1.165) is 49.1 Å². The lowest BCUT2D eigenvalue weighted by molar-refractivity contribution is 0.123. The summed E-state index contributed by atoms with van der Waals surface area (Å²) in [5.41, 5.74) is 1.15. The number of hydrogen-bond acceptors (Lipinski definition) is 3. The van der Waals surface area contributed by atoms with Crippen molar-refractivity contribution in [2.24, 2.45) is 5.92 Å². The van der Waals surface area contributed by atoms with Gasteiger partial charge in [-0.1, -0.05) is 11.6 Å². The van der Waals surface area contributed by atoms with Gasteiger partial charge in [0, 0.05) is 18.1 Å². The molecule has 1 N–H and O–H groups in total. The van der Waals surface area contributed by atoms with Gasteiger partial charge in [0.15, 0.2) is 0 Å². The Morgan fingerprint density at radius 1 is 1.53 bits per heavy atom. The standard InChI is InChI=1S/C13H18ClNO2/c1-16-13-3-2-12(14)7-11(13)6-10-8-15-4-5-17-9-10/h2-3,7,10,15H,4-6,8-9H2,1H3. The fourth-order valence-electron chi connectivity index (χ4n) is 2.11. The highest BCUT2D eigenvalue weighted by Gasteiger charge is 2.15.